The van der Waals surface area contributed by atoms with E-state index in [0.29, 0.717) is 0 Å². The third kappa shape index (κ3) is 2.04. The number of carboxylic acids is 1. The van der Waals surface area contributed by atoms with Crippen LogP contribution in [0.2, 0.25) is 0 Å². The Kier molecular flexibility index (Phi) is 2.48. The van der Waals surface area contributed by atoms with Crippen molar-refractivity contribution in [3.05, 3.63) is 24.0 Å². The van der Waals surface area contributed by atoms with Crippen molar-refractivity contribution in [3.8, 4) is 0 Å². The van der Waals surface area contributed by atoms with E-state index >= 15 is 0 Å². The first-order valence-electron chi connectivity index (χ1n) is 4.89. The Bertz CT molecular complexity index is 455. The number of halogens is 3. The van der Waals surface area contributed by atoms with E-state index in [9.17, 15) is 18.0 Å². The van der Waals surface area contributed by atoms with E-state index in [4.69, 9.17) is 5.11 Å². The molecule has 2 N–H and O–H groups in total. The van der Waals surface area contributed by atoms with Crippen LogP contribution in [0, 0.1) is 0 Å². The third-order valence-corrected chi connectivity index (χ3v) is 2.68. The number of carbonyl (C=O) groups is 1. The zero-order chi connectivity index (χ0) is 12.7. The van der Waals surface area contributed by atoms with E-state index < -0.39 is 23.4 Å². The van der Waals surface area contributed by atoms with Gasteiger partial charge in [-0.05, 0) is 25.0 Å². The van der Waals surface area contributed by atoms with Crippen LogP contribution in [-0.4, -0.2) is 27.8 Å². The van der Waals surface area contributed by atoms with Crippen LogP contribution in [0.15, 0.2) is 18.3 Å². The molecule has 1 aromatic rings. The van der Waals surface area contributed by atoms with Crippen molar-refractivity contribution in [3.63, 3.8) is 0 Å². The largest absolute Gasteiger partial charge is 0.476 e. The molecule has 0 amide bonds. The van der Waals surface area contributed by atoms with E-state index in [1.807, 2.05) is 0 Å². The molecule has 92 valence electrons. The fraction of sp³-hybridized carbons (Fsp3) is 0.400. The van der Waals surface area contributed by atoms with Gasteiger partial charge in [0.1, 0.15) is 5.54 Å². The van der Waals surface area contributed by atoms with E-state index in [-0.39, 0.29) is 18.5 Å². The summed E-state index contributed by atoms with van der Waals surface area (Å²) in [6, 6.07) is 2.67. The summed E-state index contributed by atoms with van der Waals surface area (Å²) in [7, 11) is 0. The highest BCUT2D eigenvalue weighted by Gasteiger charge is 2.63. The van der Waals surface area contributed by atoms with Crippen LogP contribution in [-0.2, 0) is 0 Å². The number of hydrogen-bond acceptors (Lipinski definition) is 3. The maximum atomic E-state index is 12.7. The lowest BCUT2D eigenvalue weighted by Crippen LogP contribution is -2.39. The summed E-state index contributed by atoms with van der Waals surface area (Å²) >= 11 is 0. The molecule has 0 saturated heterocycles. The first kappa shape index (κ1) is 11.7. The number of anilines is 1. The Morgan fingerprint density at radius 1 is 1.47 bits per heavy atom. The molecule has 0 aromatic carbocycles. The van der Waals surface area contributed by atoms with Crippen molar-refractivity contribution in [2.75, 3.05) is 5.32 Å². The molecule has 0 unspecified atom stereocenters. The van der Waals surface area contributed by atoms with Crippen LogP contribution in [0.4, 0.5) is 18.9 Å². The fourth-order valence-electron chi connectivity index (χ4n) is 1.54. The van der Waals surface area contributed by atoms with Crippen molar-refractivity contribution >= 4 is 11.7 Å². The zero-order valence-corrected chi connectivity index (χ0v) is 8.58. The van der Waals surface area contributed by atoms with Crippen LogP contribution in [0.3, 0.4) is 0 Å². The van der Waals surface area contributed by atoms with Crippen LogP contribution in [0.1, 0.15) is 23.3 Å². The summed E-state index contributed by atoms with van der Waals surface area (Å²) in [5.74, 6) is -1.36. The second-order valence-corrected chi connectivity index (χ2v) is 3.91. The van der Waals surface area contributed by atoms with Gasteiger partial charge in [-0.3, -0.25) is 0 Å². The number of nitrogens with one attached hydrogen (secondary N) is 1. The van der Waals surface area contributed by atoms with Gasteiger partial charge in [-0.1, -0.05) is 0 Å². The second-order valence-electron chi connectivity index (χ2n) is 3.91. The van der Waals surface area contributed by atoms with E-state index in [0.717, 1.165) is 0 Å². The Labute approximate surface area is 94.5 Å². The van der Waals surface area contributed by atoms with Gasteiger partial charge in [0.2, 0.25) is 0 Å². The standard InChI is InChI=1S/C10H9F3N2O2/c11-10(12,13)9(3-4-9)15-6-2-1-5-14-7(6)8(16)17/h1-2,5,15H,3-4H2,(H,16,17). The molecule has 1 fully saturated rings. The van der Waals surface area contributed by atoms with Crippen LogP contribution < -0.4 is 5.32 Å². The molecule has 1 aliphatic carbocycles. The van der Waals surface area contributed by atoms with Crippen molar-refractivity contribution in [1.29, 1.82) is 0 Å². The van der Waals surface area contributed by atoms with Crippen LogP contribution >= 0.6 is 0 Å². The molecule has 17 heavy (non-hydrogen) atoms. The molecule has 1 aromatic heterocycles. The number of aromatic nitrogens is 1. The number of alkyl halides is 3. The molecule has 0 spiro atoms. The minimum absolute atomic E-state index is 0.0511. The van der Waals surface area contributed by atoms with Gasteiger partial charge in [0.05, 0.1) is 5.69 Å². The molecule has 1 heterocycles. The molecule has 1 aliphatic rings. The summed E-state index contributed by atoms with van der Waals surface area (Å²) in [4.78, 5) is 14.3. The monoisotopic (exact) mass is 246 g/mol. The molecule has 4 nitrogen and oxygen atoms in total. The topological polar surface area (TPSA) is 62.2 Å². The van der Waals surface area contributed by atoms with Gasteiger partial charge in [0.25, 0.3) is 0 Å². The van der Waals surface area contributed by atoms with Gasteiger partial charge in [-0.15, -0.1) is 0 Å². The van der Waals surface area contributed by atoms with Crippen molar-refractivity contribution in [2.45, 2.75) is 24.6 Å². The fourth-order valence-corrected chi connectivity index (χ4v) is 1.54. The first-order chi connectivity index (χ1) is 7.86. The average Bonchev–Trinajstić information content (AvgIpc) is 2.98. The molecule has 2 rings (SSSR count). The summed E-state index contributed by atoms with van der Waals surface area (Å²) in [6.45, 7) is 0. The van der Waals surface area contributed by atoms with E-state index in [1.165, 1.54) is 18.3 Å². The molecule has 7 heteroatoms. The van der Waals surface area contributed by atoms with E-state index in [1.54, 1.807) is 0 Å². The average molecular weight is 246 g/mol. The number of pyridine rings is 1. The maximum Gasteiger partial charge on any atom is 0.411 e. The lowest BCUT2D eigenvalue weighted by molar-refractivity contribution is -0.151. The molecule has 1 saturated carbocycles. The molecular formula is C10H9F3N2O2. The van der Waals surface area contributed by atoms with E-state index in [2.05, 4.69) is 10.3 Å². The smallest absolute Gasteiger partial charge is 0.411 e. The minimum atomic E-state index is -4.39. The minimum Gasteiger partial charge on any atom is -0.476 e. The highest BCUT2D eigenvalue weighted by molar-refractivity contribution is 5.92. The predicted molar refractivity (Wildman–Crippen MR) is 52.8 cm³/mol. The Hall–Kier alpha value is -1.79. The van der Waals surface area contributed by atoms with Gasteiger partial charge >= 0.3 is 12.1 Å². The summed E-state index contributed by atoms with van der Waals surface area (Å²) < 4.78 is 38.1. The Morgan fingerprint density at radius 2 is 2.12 bits per heavy atom. The van der Waals surface area contributed by atoms with Crippen LogP contribution in [0.5, 0.6) is 0 Å². The van der Waals surface area contributed by atoms with Gasteiger partial charge in [0, 0.05) is 6.20 Å². The molecule has 0 aliphatic heterocycles. The number of rotatable bonds is 3. The second kappa shape index (κ2) is 3.61. The molecular weight excluding hydrogens is 237 g/mol. The zero-order valence-electron chi connectivity index (χ0n) is 8.58. The Balaban J connectivity index is 2.29. The van der Waals surface area contributed by atoms with Crippen LogP contribution in [0.25, 0.3) is 0 Å². The van der Waals surface area contributed by atoms with Gasteiger partial charge in [-0.25, -0.2) is 9.78 Å². The SMILES string of the molecule is O=C(O)c1ncccc1NC1(C(F)(F)F)CC1. The highest BCUT2D eigenvalue weighted by atomic mass is 19.4. The van der Waals surface area contributed by atoms with Crippen molar-refractivity contribution < 1.29 is 23.1 Å². The number of hydrogen-bond donors (Lipinski definition) is 2. The maximum absolute atomic E-state index is 12.7. The third-order valence-electron chi connectivity index (χ3n) is 2.68. The number of carboxylic acid groups (broad SMARTS) is 1. The predicted octanol–water partition coefficient (Wildman–Crippen LogP) is 2.29. The lowest BCUT2D eigenvalue weighted by atomic mass is 10.2. The summed E-state index contributed by atoms with van der Waals surface area (Å²) in [5, 5.41) is 11.1. The quantitative estimate of drug-likeness (QED) is 0.858. The van der Waals surface area contributed by atoms with Gasteiger partial charge < -0.3 is 10.4 Å². The lowest BCUT2D eigenvalue weighted by Gasteiger charge is -2.22. The molecule has 0 radical (unpaired) electrons. The normalized spacial score (nSPS) is 17.6. The number of aromatic carboxylic acids is 1. The summed E-state index contributed by atoms with van der Waals surface area (Å²) in [5.41, 5.74) is -2.49. The van der Waals surface area contributed by atoms with Crippen molar-refractivity contribution in [2.24, 2.45) is 0 Å². The molecule has 0 bridgehead atoms. The number of nitrogens with zero attached hydrogens (tertiary/aromatic N) is 1. The highest BCUT2D eigenvalue weighted by Crippen LogP contribution is 2.51. The molecule has 0 atom stereocenters. The van der Waals surface area contributed by atoms with Gasteiger partial charge in [0.15, 0.2) is 5.69 Å². The van der Waals surface area contributed by atoms with Gasteiger partial charge in [-0.2, -0.15) is 13.2 Å². The van der Waals surface area contributed by atoms with Crippen molar-refractivity contribution in [1.82, 2.24) is 4.98 Å². The summed E-state index contributed by atoms with van der Waals surface area (Å²) in [6.07, 6.45) is -3.27. The first-order valence-corrected chi connectivity index (χ1v) is 4.89. The Morgan fingerprint density at radius 3 is 2.59 bits per heavy atom.